The molecule has 0 aliphatic carbocycles. The van der Waals surface area contributed by atoms with Crippen LogP contribution in [0.1, 0.15) is 28.4 Å². The lowest BCUT2D eigenvalue weighted by molar-refractivity contribution is 0.112. The predicted octanol–water partition coefficient (Wildman–Crippen LogP) is 3.46. The second kappa shape index (κ2) is 5.29. The molecule has 0 amide bonds. The molecular formula is C17H16N2O. The number of fused-ring (bicyclic) bond motifs is 1. The highest BCUT2D eigenvalue weighted by Crippen LogP contribution is 2.16. The molecule has 0 fully saturated rings. The summed E-state index contributed by atoms with van der Waals surface area (Å²) >= 11 is 0. The summed E-state index contributed by atoms with van der Waals surface area (Å²) in [5.41, 5.74) is 4.25. The molecule has 1 heterocycles. The maximum absolute atomic E-state index is 10.8. The van der Waals surface area contributed by atoms with E-state index in [1.165, 1.54) is 11.1 Å². The van der Waals surface area contributed by atoms with E-state index in [9.17, 15) is 4.79 Å². The van der Waals surface area contributed by atoms with E-state index in [4.69, 9.17) is 0 Å². The number of rotatable bonds is 4. The van der Waals surface area contributed by atoms with Crippen LogP contribution in [0, 0.1) is 0 Å². The van der Waals surface area contributed by atoms with Crippen molar-refractivity contribution in [3.63, 3.8) is 0 Å². The molecule has 0 radical (unpaired) electrons. The van der Waals surface area contributed by atoms with Crippen molar-refractivity contribution in [3.8, 4) is 0 Å². The van der Waals surface area contributed by atoms with Gasteiger partial charge < -0.3 is 0 Å². The molecule has 0 N–H and O–H groups in total. The minimum atomic E-state index is 0.686. The van der Waals surface area contributed by atoms with Gasteiger partial charge in [0.25, 0.3) is 0 Å². The summed E-state index contributed by atoms with van der Waals surface area (Å²) in [6, 6.07) is 14.0. The van der Waals surface area contributed by atoms with Gasteiger partial charge in [-0.15, -0.1) is 0 Å². The second-order valence-corrected chi connectivity index (χ2v) is 4.89. The molecule has 100 valence electrons. The molecule has 3 nitrogen and oxygen atoms in total. The number of benzene rings is 2. The van der Waals surface area contributed by atoms with E-state index in [1.54, 1.807) is 6.07 Å². The largest absolute Gasteiger partial charge is 0.298 e. The van der Waals surface area contributed by atoms with Crippen LogP contribution in [-0.4, -0.2) is 16.1 Å². The van der Waals surface area contributed by atoms with Gasteiger partial charge in [-0.05, 0) is 35.7 Å². The van der Waals surface area contributed by atoms with Gasteiger partial charge in [0.2, 0.25) is 0 Å². The third-order valence-corrected chi connectivity index (χ3v) is 3.54. The van der Waals surface area contributed by atoms with Crippen LogP contribution >= 0.6 is 0 Å². The highest BCUT2D eigenvalue weighted by molar-refractivity contribution is 5.86. The summed E-state index contributed by atoms with van der Waals surface area (Å²) < 4.78 is 1.94. The average molecular weight is 264 g/mol. The Morgan fingerprint density at radius 1 is 1.15 bits per heavy atom. The van der Waals surface area contributed by atoms with Crippen molar-refractivity contribution in [1.29, 1.82) is 0 Å². The average Bonchev–Trinajstić information content (AvgIpc) is 2.89. The third-order valence-electron chi connectivity index (χ3n) is 3.54. The molecule has 0 saturated heterocycles. The van der Waals surface area contributed by atoms with Crippen LogP contribution in [0.25, 0.3) is 10.9 Å². The zero-order chi connectivity index (χ0) is 13.9. The number of aldehydes is 1. The topological polar surface area (TPSA) is 34.9 Å². The van der Waals surface area contributed by atoms with Gasteiger partial charge >= 0.3 is 0 Å². The first kappa shape index (κ1) is 12.6. The molecule has 0 aliphatic rings. The Morgan fingerprint density at radius 2 is 1.95 bits per heavy atom. The van der Waals surface area contributed by atoms with E-state index in [0.29, 0.717) is 5.56 Å². The van der Waals surface area contributed by atoms with Gasteiger partial charge in [0, 0.05) is 17.1 Å². The molecule has 3 aromatic rings. The molecule has 0 saturated carbocycles. The van der Waals surface area contributed by atoms with Crippen molar-refractivity contribution in [3.05, 3.63) is 65.4 Å². The van der Waals surface area contributed by atoms with E-state index in [1.807, 2.05) is 23.0 Å². The smallest absolute Gasteiger partial charge is 0.150 e. The van der Waals surface area contributed by atoms with Crippen LogP contribution in [-0.2, 0) is 13.0 Å². The van der Waals surface area contributed by atoms with Crippen LogP contribution in [0.4, 0.5) is 0 Å². The number of carbonyl (C=O) groups is 1. The lowest BCUT2D eigenvalue weighted by atomic mass is 10.1. The number of aromatic nitrogens is 2. The van der Waals surface area contributed by atoms with Crippen molar-refractivity contribution >= 4 is 17.2 Å². The first-order valence-corrected chi connectivity index (χ1v) is 6.79. The van der Waals surface area contributed by atoms with E-state index in [-0.39, 0.29) is 0 Å². The van der Waals surface area contributed by atoms with Gasteiger partial charge in [-0.3, -0.25) is 9.48 Å². The van der Waals surface area contributed by atoms with Gasteiger partial charge in [-0.25, -0.2) is 0 Å². The second-order valence-electron chi connectivity index (χ2n) is 4.89. The van der Waals surface area contributed by atoms with Crippen molar-refractivity contribution in [2.45, 2.75) is 19.9 Å². The van der Waals surface area contributed by atoms with Gasteiger partial charge in [-0.2, -0.15) is 5.10 Å². The Labute approximate surface area is 117 Å². The fraction of sp³-hybridized carbons (Fsp3) is 0.176. The SMILES string of the molecule is CCc1ccccc1Cn1cc2cc(C=O)ccc2n1. The third kappa shape index (κ3) is 2.35. The molecule has 3 heteroatoms. The lowest BCUT2D eigenvalue weighted by Crippen LogP contribution is -2.02. The van der Waals surface area contributed by atoms with Crippen LogP contribution in [0.3, 0.4) is 0 Å². The van der Waals surface area contributed by atoms with E-state index in [0.717, 1.165) is 30.2 Å². The van der Waals surface area contributed by atoms with E-state index >= 15 is 0 Å². The van der Waals surface area contributed by atoms with Crippen molar-refractivity contribution < 1.29 is 4.79 Å². The lowest BCUT2D eigenvalue weighted by Gasteiger charge is -2.07. The summed E-state index contributed by atoms with van der Waals surface area (Å²) in [7, 11) is 0. The zero-order valence-corrected chi connectivity index (χ0v) is 11.4. The number of nitrogens with zero attached hydrogens (tertiary/aromatic N) is 2. The molecule has 0 bridgehead atoms. The Morgan fingerprint density at radius 3 is 2.70 bits per heavy atom. The van der Waals surface area contributed by atoms with Crippen LogP contribution in [0.15, 0.2) is 48.7 Å². The Kier molecular flexibility index (Phi) is 3.33. The standard InChI is InChI=1S/C17H16N2O/c1-2-14-5-3-4-6-15(14)10-19-11-16-9-13(12-20)7-8-17(16)18-19/h3-9,11-12H,2,10H2,1H3. The predicted molar refractivity (Wildman–Crippen MR) is 80.0 cm³/mol. The molecule has 0 unspecified atom stereocenters. The minimum absolute atomic E-state index is 0.686. The fourth-order valence-corrected chi connectivity index (χ4v) is 2.48. The maximum atomic E-state index is 10.8. The van der Waals surface area contributed by atoms with Gasteiger partial charge in [-0.1, -0.05) is 31.2 Å². The summed E-state index contributed by atoms with van der Waals surface area (Å²) in [4.78, 5) is 10.8. The summed E-state index contributed by atoms with van der Waals surface area (Å²) in [5, 5.41) is 5.56. The van der Waals surface area contributed by atoms with Gasteiger partial charge in [0.15, 0.2) is 0 Å². The quantitative estimate of drug-likeness (QED) is 0.676. The van der Waals surface area contributed by atoms with Crippen molar-refractivity contribution in [1.82, 2.24) is 9.78 Å². The summed E-state index contributed by atoms with van der Waals surface area (Å²) in [5.74, 6) is 0. The number of hydrogen-bond donors (Lipinski definition) is 0. The summed E-state index contributed by atoms with van der Waals surface area (Å²) in [6.07, 6.45) is 3.88. The number of carbonyl (C=O) groups excluding carboxylic acids is 1. The highest BCUT2D eigenvalue weighted by Gasteiger charge is 2.05. The Hall–Kier alpha value is -2.42. The van der Waals surface area contributed by atoms with E-state index < -0.39 is 0 Å². The first-order chi connectivity index (χ1) is 9.80. The summed E-state index contributed by atoms with van der Waals surface area (Å²) in [6.45, 7) is 2.92. The normalized spacial score (nSPS) is 10.8. The Bertz CT molecular complexity index is 759. The Balaban J connectivity index is 1.96. The van der Waals surface area contributed by atoms with E-state index in [2.05, 4.69) is 36.3 Å². The van der Waals surface area contributed by atoms with Gasteiger partial charge in [0.05, 0.1) is 12.1 Å². The molecule has 0 atom stereocenters. The number of hydrogen-bond acceptors (Lipinski definition) is 2. The zero-order valence-electron chi connectivity index (χ0n) is 11.4. The number of aryl methyl sites for hydroxylation is 1. The molecule has 2 aromatic carbocycles. The first-order valence-electron chi connectivity index (χ1n) is 6.79. The monoisotopic (exact) mass is 264 g/mol. The molecule has 0 aliphatic heterocycles. The van der Waals surface area contributed by atoms with Crippen LogP contribution in [0.2, 0.25) is 0 Å². The van der Waals surface area contributed by atoms with Gasteiger partial charge in [0.1, 0.15) is 6.29 Å². The fourth-order valence-electron chi connectivity index (χ4n) is 2.48. The molecule has 3 rings (SSSR count). The van der Waals surface area contributed by atoms with Crippen LogP contribution in [0.5, 0.6) is 0 Å². The minimum Gasteiger partial charge on any atom is -0.298 e. The van der Waals surface area contributed by atoms with Crippen molar-refractivity contribution in [2.75, 3.05) is 0 Å². The molecule has 20 heavy (non-hydrogen) atoms. The van der Waals surface area contributed by atoms with Crippen LogP contribution < -0.4 is 0 Å². The van der Waals surface area contributed by atoms with Crippen molar-refractivity contribution in [2.24, 2.45) is 0 Å². The molecule has 0 spiro atoms. The molecular weight excluding hydrogens is 248 g/mol. The highest BCUT2D eigenvalue weighted by atomic mass is 16.1. The maximum Gasteiger partial charge on any atom is 0.150 e. The molecule has 1 aromatic heterocycles.